The number of carboxylic acids is 2. The van der Waals surface area contributed by atoms with Gasteiger partial charge in [0.25, 0.3) is 0 Å². The fraction of sp³-hybridized carbons (Fsp3) is 0.0769. The Morgan fingerprint density at radius 3 is 2.67 bits per heavy atom. The van der Waals surface area contributed by atoms with Crippen molar-refractivity contribution >= 4 is 22.8 Å². The molecule has 90 valence electrons. The number of rotatable bonds is 2. The van der Waals surface area contributed by atoms with Crippen LogP contribution in [0.2, 0.25) is 0 Å². The van der Waals surface area contributed by atoms with Gasteiger partial charge in [-0.3, -0.25) is 4.79 Å². The summed E-state index contributed by atoms with van der Waals surface area (Å²) in [5.74, 6) is 3.23. The van der Waals surface area contributed by atoms with Gasteiger partial charge in [0.2, 0.25) is 0 Å². The summed E-state index contributed by atoms with van der Waals surface area (Å²) in [6, 6.07) is 6.68. The number of aromatic nitrogens is 1. The molecule has 0 atom stereocenters. The van der Waals surface area contributed by atoms with Crippen molar-refractivity contribution in [2.24, 2.45) is 0 Å². The third-order valence-electron chi connectivity index (χ3n) is 2.33. The van der Waals surface area contributed by atoms with Gasteiger partial charge < -0.3 is 15.2 Å². The summed E-state index contributed by atoms with van der Waals surface area (Å²) in [5, 5.41) is 18.1. The van der Waals surface area contributed by atoms with Crippen LogP contribution in [0.5, 0.6) is 0 Å². The van der Waals surface area contributed by atoms with Crippen molar-refractivity contribution in [3.63, 3.8) is 0 Å². The molecule has 2 rings (SSSR count). The highest BCUT2D eigenvalue weighted by Gasteiger charge is 2.06. The molecule has 1 aromatic heterocycles. The minimum atomic E-state index is -1.02. The number of benzene rings is 1. The molecule has 2 aromatic rings. The standard InChI is InChI=1S/C13H9NO4/c15-12(16)3-1-2-8-4-5-9-7-11(13(17)18)14-10(9)6-8/h4-7,14H,3H2,(H,15,16)(H,17,18). The second kappa shape index (κ2) is 4.63. The van der Waals surface area contributed by atoms with Gasteiger partial charge in [-0.2, -0.15) is 0 Å². The summed E-state index contributed by atoms with van der Waals surface area (Å²) in [7, 11) is 0. The van der Waals surface area contributed by atoms with Gasteiger partial charge in [0, 0.05) is 16.5 Å². The van der Waals surface area contributed by atoms with Gasteiger partial charge >= 0.3 is 11.9 Å². The Bertz CT molecular complexity index is 688. The Labute approximate surface area is 102 Å². The van der Waals surface area contributed by atoms with Crippen LogP contribution in [0.1, 0.15) is 22.5 Å². The van der Waals surface area contributed by atoms with Crippen LogP contribution in [-0.2, 0) is 4.79 Å². The van der Waals surface area contributed by atoms with Crippen LogP contribution >= 0.6 is 0 Å². The van der Waals surface area contributed by atoms with Crippen molar-refractivity contribution in [3.8, 4) is 11.8 Å². The van der Waals surface area contributed by atoms with E-state index >= 15 is 0 Å². The Hall–Kier alpha value is -2.74. The zero-order valence-corrected chi connectivity index (χ0v) is 9.23. The maximum atomic E-state index is 10.8. The van der Waals surface area contributed by atoms with Gasteiger partial charge in [0.15, 0.2) is 0 Å². The second-order valence-electron chi connectivity index (χ2n) is 3.66. The van der Waals surface area contributed by atoms with Crippen LogP contribution in [0.15, 0.2) is 24.3 Å². The fourth-order valence-electron chi connectivity index (χ4n) is 1.54. The lowest BCUT2D eigenvalue weighted by molar-refractivity contribution is -0.135. The number of hydrogen-bond acceptors (Lipinski definition) is 2. The van der Waals surface area contributed by atoms with Gasteiger partial charge in [-0.1, -0.05) is 17.9 Å². The molecule has 0 saturated carbocycles. The van der Waals surface area contributed by atoms with Crippen LogP contribution in [0, 0.1) is 11.8 Å². The van der Waals surface area contributed by atoms with Gasteiger partial charge in [-0.05, 0) is 18.2 Å². The highest BCUT2D eigenvalue weighted by Crippen LogP contribution is 2.16. The lowest BCUT2D eigenvalue weighted by atomic mass is 10.1. The highest BCUT2D eigenvalue weighted by atomic mass is 16.4. The van der Waals surface area contributed by atoms with Crippen molar-refractivity contribution in [2.45, 2.75) is 6.42 Å². The van der Waals surface area contributed by atoms with E-state index in [1.165, 1.54) is 6.07 Å². The molecule has 0 spiro atoms. The first kappa shape index (κ1) is 11.7. The third-order valence-corrected chi connectivity index (χ3v) is 2.33. The van der Waals surface area contributed by atoms with Gasteiger partial charge in [0.1, 0.15) is 12.1 Å². The number of aliphatic carboxylic acids is 1. The summed E-state index contributed by atoms with van der Waals surface area (Å²) in [5.41, 5.74) is 1.41. The first-order chi connectivity index (χ1) is 8.56. The van der Waals surface area contributed by atoms with E-state index < -0.39 is 11.9 Å². The van der Waals surface area contributed by atoms with Crippen molar-refractivity contribution in [3.05, 3.63) is 35.5 Å². The molecule has 5 nitrogen and oxygen atoms in total. The van der Waals surface area contributed by atoms with Gasteiger partial charge in [-0.25, -0.2) is 4.79 Å². The summed E-state index contributed by atoms with van der Waals surface area (Å²) in [6.45, 7) is 0. The molecule has 0 radical (unpaired) electrons. The number of H-pyrrole nitrogens is 1. The average Bonchev–Trinajstić information content (AvgIpc) is 2.71. The fourth-order valence-corrected chi connectivity index (χ4v) is 1.54. The minimum absolute atomic E-state index is 0.112. The Morgan fingerprint density at radius 2 is 2.00 bits per heavy atom. The van der Waals surface area contributed by atoms with E-state index in [4.69, 9.17) is 10.2 Å². The van der Waals surface area contributed by atoms with E-state index in [9.17, 15) is 9.59 Å². The normalized spacial score (nSPS) is 9.78. The summed E-state index contributed by atoms with van der Waals surface area (Å²) < 4.78 is 0. The number of carbonyl (C=O) groups is 2. The molecule has 5 heteroatoms. The molecule has 0 unspecified atom stereocenters. The lowest BCUT2D eigenvalue weighted by Gasteiger charge is -1.91. The molecule has 0 aliphatic rings. The van der Waals surface area contributed by atoms with Crippen molar-refractivity contribution < 1.29 is 19.8 Å². The number of nitrogens with one attached hydrogen (secondary N) is 1. The molecular formula is C13H9NO4. The number of carboxylic acid groups (broad SMARTS) is 2. The van der Waals surface area contributed by atoms with E-state index in [1.807, 2.05) is 0 Å². The van der Waals surface area contributed by atoms with E-state index in [0.29, 0.717) is 11.1 Å². The van der Waals surface area contributed by atoms with Crippen LogP contribution < -0.4 is 0 Å². The van der Waals surface area contributed by atoms with Crippen LogP contribution in [0.25, 0.3) is 10.9 Å². The zero-order valence-electron chi connectivity index (χ0n) is 9.23. The Morgan fingerprint density at radius 1 is 1.22 bits per heavy atom. The molecule has 1 heterocycles. The molecule has 1 aromatic carbocycles. The number of fused-ring (bicyclic) bond motifs is 1. The SMILES string of the molecule is O=C(O)CC#Cc1ccc2cc(C(=O)O)[nH]c2c1. The molecule has 0 bridgehead atoms. The first-order valence-electron chi connectivity index (χ1n) is 5.13. The number of aromatic amines is 1. The molecule has 0 amide bonds. The van der Waals surface area contributed by atoms with Crippen molar-refractivity contribution in [2.75, 3.05) is 0 Å². The maximum Gasteiger partial charge on any atom is 0.352 e. The quantitative estimate of drug-likeness (QED) is 0.700. The highest BCUT2D eigenvalue weighted by molar-refractivity contribution is 5.94. The predicted octanol–water partition coefficient (Wildman–Crippen LogP) is 1.69. The van der Waals surface area contributed by atoms with Crippen molar-refractivity contribution in [1.29, 1.82) is 0 Å². The molecule has 0 aliphatic heterocycles. The van der Waals surface area contributed by atoms with Crippen LogP contribution in [-0.4, -0.2) is 27.1 Å². The smallest absolute Gasteiger partial charge is 0.352 e. The summed E-state index contributed by atoms with van der Waals surface area (Å²) >= 11 is 0. The van der Waals surface area contributed by atoms with E-state index in [2.05, 4.69) is 16.8 Å². The predicted molar refractivity (Wildman–Crippen MR) is 64.4 cm³/mol. The maximum absolute atomic E-state index is 10.8. The van der Waals surface area contributed by atoms with E-state index in [-0.39, 0.29) is 12.1 Å². The third kappa shape index (κ3) is 2.50. The Balaban J connectivity index is 2.34. The Kier molecular flexibility index (Phi) is 3.02. The lowest BCUT2D eigenvalue weighted by Crippen LogP contribution is -1.94. The van der Waals surface area contributed by atoms with Gasteiger partial charge in [0.05, 0.1) is 0 Å². The average molecular weight is 243 g/mol. The zero-order chi connectivity index (χ0) is 13.1. The first-order valence-corrected chi connectivity index (χ1v) is 5.13. The largest absolute Gasteiger partial charge is 0.481 e. The van der Waals surface area contributed by atoms with E-state index in [1.54, 1.807) is 18.2 Å². The molecule has 18 heavy (non-hydrogen) atoms. The molecule has 0 aliphatic carbocycles. The topological polar surface area (TPSA) is 90.4 Å². The second-order valence-corrected chi connectivity index (χ2v) is 3.66. The number of hydrogen-bond donors (Lipinski definition) is 3. The van der Waals surface area contributed by atoms with E-state index in [0.717, 1.165) is 5.39 Å². The molecular weight excluding hydrogens is 234 g/mol. The summed E-state index contributed by atoms with van der Waals surface area (Å²) in [6.07, 6.45) is -0.219. The van der Waals surface area contributed by atoms with Crippen LogP contribution in [0.4, 0.5) is 0 Å². The number of aromatic carboxylic acids is 1. The van der Waals surface area contributed by atoms with Crippen LogP contribution in [0.3, 0.4) is 0 Å². The monoisotopic (exact) mass is 243 g/mol. The summed E-state index contributed by atoms with van der Waals surface area (Å²) in [4.78, 5) is 23.8. The molecule has 0 fully saturated rings. The minimum Gasteiger partial charge on any atom is -0.481 e. The molecule has 0 saturated heterocycles. The van der Waals surface area contributed by atoms with Crippen molar-refractivity contribution in [1.82, 2.24) is 4.98 Å². The van der Waals surface area contributed by atoms with Gasteiger partial charge in [-0.15, -0.1) is 0 Å². The molecule has 3 N–H and O–H groups in total.